The van der Waals surface area contributed by atoms with E-state index < -0.39 is 17.5 Å². The number of isocyanates is 1. The van der Waals surface area contributed by atoms with Crippen LogP contribution in [0.15, 0.2) is 23.2 Å². The van der Waals surface area contributed by atoms with E-state index in [9.17, 15) is 14.0 Å². The van der Waals surface area contributed by atoms with Gasteiger partial charge in [0.1, 0.15) is 17.1 Å². The third-order valence-electron chi connectivity index (χ3n) is 1.76. The number of hydrogen-bond acceptors (Lipinski definition) is 4. The van der Waals surface area contributed by atoms with Crippen LogP contribution in [0.5, 0.6) is 0 Å². The van der Waals surface area contributed by atoms with Gasteiger partial charge in [0.2, 0.25) is 6.08 Å². The van der Waals surface area contributed by atoms with Crippen LogP contribution in [-0.2, 0) is 9.53 Å². The maximum absolute atomic E-state index is 12.9. The summed E-state index contributed by atoms with van der Waals surface area (Å²) in [6.45, 7) is 5.13. The van der Waals surface area contributed by atoms with Crippen LogP contribution < -0.4 is 5.32 Å². The molecule has 0 aliphatic heterocycles. The van der Waals surface area contributed by atoms with Gasteiger partial charge in [-0.3, -0.25) is 5.32 Å². The maximum Gasteiger partial charge on any atom is 0.412 e. The molecule has 0 aromatic heterocycles. The van der Waals surface area contributed by atoms with E-state index in [2.05, 4.69) is 10.3 Å². The molecule has 0 radical (unpaired) electrons. The minimum absolute atomic E-state index is 0.0177. The quantitative estimate of drug-likeness (QED) is 0.649. The molecular formula is C12H13FN2O3. The van der Waals surface area contributed by atoms with E-state index in [1.165, 1.54) is 12.1 Å². The van der Waals surface area contributed by atoms with Gasteiger partial charge in [-0.15, -0.1) is 0 Å². The minimum atomic E-state index is -0.712. The predicted molar refractivity (Wildman–Crippen MR) is 64.0 cm³/mol. The number of benzene rings is 1. The molecule has 96 valence electrons. The molecule has 1 N–H and O–H groups in total. The first-order valence-corrected chi connectivity index (χ1v) is 5.19. The highest BCUT2D eigenvalue weighted by molar-refractivity contribution is 5.89. The fourth-order valence-electron chi connectivity index (χ4n) is 1.17. The van der Waals surface area contributed by atoms with Crippen molar-refractivity contribution >= 4 is 23.5 Å². The van der Waals surface area contributed by atoms with Crippen LogP contribution in [0, 0.1) is 5.82 Å². The number of hydrogen-bond donors (Lipinski definition) is 1. The Morgan fingerprint density at radius 1 is 1.44 bits per heavy atom. The number of nitrogens with one attached hydrogen (secondary N) is 1. The molecule has 0 saturated heterocycles. The molecule has 0 saturated carbocycles. The zero-order valence-electron chi connectivity index (χ0n) is 10.3. The Morgan fingerprint density at radius 2 is 2.11 bits per heavy atom. The number of nitrogens with zero attached hydrogens (tertiary/aromatic N) is 1. The summed E-state index contributed by atoms with van der Waals surface area (Å²) >= 11 is 0. The van der Waals surface area contributed by atoms with E-state index in [4.69, 9.17) is 4.74 Å². The summed E-state index contributed by atoms with van der Waals surface area (Å²) in [5, 5.41) is 2.38. The van der Waals surface area contributed by atoms with E-state index in [1.54, 1.807) is 20.8 Å². The van der Waals surface area contributed by atoms with Crippen molar-refractivity contribution in [3.63, 3.8) is 0 Å². The number of carbonyl (C=O) groups excluding carboxylic acids is 2. The SMILES string of the molecule is CC(C)(C)OC(=O)Nc1ccc(F)cc1N=C=O. The van der Waals surface area contributed by atoms with Crippen molar-refractivity contribution in [2.24, 2.45) is 4.99 Å². The topological polar surface area (TPSA) is 67.8 Å². The number of aliphatic imine (C=N–C) groups is 1. The lowest BCUT2D eigenvalue weighted by atomic mass is 10.2. The molecule has 1 aromatic carbocycles. The summed E-state index contributed by atoms with van der Waals surface area (Å²) in [4.78, 5) is 25.0. The number of halogens is 1. The summed E-state index contributed by atoms with van der Waals surface area (Å²) in [7, 11) is 0. The normalized spacial score (nSPS) is 10.4. The second kappa shape index (κ2) is 5.42. The Hall–Kier alpha value is -2.20. The number of carbonyl (C=O) groups is 1. The first-order chi connectivity index (χ1) is 8.31. The van der Waals surface area contributed by atoms with Crippen molar-refractivity contribution in [1.82, 2.24) is 0 Å². The lowest BCUT2D eigenvalue weighted by molar-refractivity contribution is 0.0636. The van der Waals surface area contributed by atoms with Crippen LogP contribution in [0.25, 0.3) is 0 Å². The fourth-order valence-corrected chi connectivity index (χ4v) is 1.17. The van der Waals surface area contributed by atoms with E-state index in [0.717, 1.165) is 12.1 Å². The molecule has 1 aromatic rings. The highest BCUT2D eigenvalue weighted by atomic mass is 19.1. The zero-order valence-corrected chi connectivity index (χ0v) is 10.3. The van der Waals surface area contributed by atoms with Crippen molar-refractivity contribution < 1.29 is 18.7 Å². The van der Waals surface area contributed by atoms with Gasteiger partial charge < -0.3 is 4.74 Å². The van der Waals surface area contributed by atoms with E-state index in [1.807, 2.05) is 0 Å². The van der Waals surface area contributed by atoms with E-state index in [0.29, 0.717) is 0 Å². The lowest BCUT2D eigenvalue weighted by Crippen LogP contribution is -2.27. The summed E-state index contributed by atoms with van der Waals surface area (Å²) in [6.07, 6.45) is 0.578. The van der Waals surface area contributed by atoms with Crippen LogP contribution in [0.3, 0.4) is 0 Å². The molecule has 0 spiro atoms. The van der Waals surface area contributed by atoms with Gasteiger partial charge in [-0.1, -0.05) is 0 Å². The molecule has 6 heteroatoms. The third-order valence-corrected chi connectivity index (χ3v) is 1.76. The van der Waals surface area contributed by atoms with Crippen LogP contribution in [0.1, 0.15) is 20.8 Å². The number of rotatable bonds is 2. The number of ether oxygens (including phenoxy) is 1. The van der Waals surface area contributed by atoms with Crippen LogP contribution >= 0.6 is 0 Å². The number of amides is 1. The van der Waals surface area contributed by atoms with Crippen LogP contribution in [0.2, 0.25) is 0 Å². The van der Waals surface area contributed by atoms with Gasteiger partial charge in [0.25, 0.3) is 0 Å². The molecule has 1 amide bonds. The molecule has 18 heavy (non-hydrogen) atoms. The van der Waals surface area contributed by atoms with Crippen molar-refractivity contribution in [3.8, 4) is 0 Å². The van der Waals surface area contributed by atoms with Crippen molar-refractivity contribution in [3.05, 3.63) is 24.0 Å². The molecule has 0 bridgehead atoms. The van der Waals surface area contributed by atoms with Gasteiger partial charge >= 0.3 is 6.09 Å². The average molecular weight is 252 g/mol. The zero-order chi connectivity index (χ0) is 13.8. The molecule has 0 aliphatic rings. The van der Waals surface area contributed by atoms with Gasteiger partial charge in [0.15, 0.2) is 0 Å². The number of anilines is 1. The van der Waals surface area contributed by atoms with Crippen molar-refractivity contribution in [2.45, 2.75) is 26.4 Å². The molecule has 1 rings (SSSR count). The Kier molecular flexibility index (Phi) is 4.18. The van der Waals surface area contributed by atoms with Gasteiger partial charge in [-0.25, -0.2) is 14.0 Å². The Labute approximate surface area is 104 Å². The van der Waals surface area contributed by atoms with Gasteiger partial charge in [0, 0.05) is 6.07 Å². The van der Waals surface area contributed by atoms with Crippen LogP contribution in [-0.4, -0.2) is 17.8 Å². The van der Waals surface area contributed by atoms with Crippen LogP contribution in [0.4, 0.5) is 20.6 Å². The Bertz CT molecular complexity index is 503. The fraction of sp³-hybridized carbons (Fsp3) is 0.333. The molecule has 0 unspecified atom stereocenters. The third kappa shape index (κ3) is 4.35. The van der Waals surface area contributed by atoms with Crippen molar-refractivity contribution in [1.29, 1.82) is 0 Å². The summed E-state index contributed by atoms with van der Waals surface area (Å²) < 4.78 is 18.0. The first-order valence-electron chi connectivity index (χ1n) is 5.19. The highest BCUT2D eigenvalue weighted by Crippen LogP contribution is 2.25. The Balaban J connectivity index is 2.90. The first kappa shape index (κ1) is 13.9. The van der Waals surface area contributed by atoms with Gasteiger partial charge in [0.05, 0.1) is 5.69 Å². The summed E-state index contributed by atoms with van der Waals surface area (Å²) in [6, 6.07) is 3.43. The Morgan fingerprint density at radius 3 is 2.67 bits per heavy atom. The van der Waals surface area contributed by atoms with E-state index >= 15 is 0 Å². The molecule has 0 aliphatic carbocycles. The average Bonchev–Trinajstić information content (AvgIpc) is 2.20. The minimum Gasteiger partial charge on any atom is -0.444 e. The molecule has 0 fully saturated rings. The molecule has 0 atom stereocenters. The monoisotopic (exact) mass is 252 g/mol. The molecule has 0 heterocycles. The second-order valence-corrected chi connectivity index (χ2v) is 4.49. The smallest absolute Gasteiger partial charge is 0.412 e. The van der Waals surface area contributed by atoms with Gasteiger partial charge in [-0.05, 0) is 32.9 Å². The highest BCUT2D eigenvalue weighted by Gasteiger charge is 2.17. The summed E-state index contributed by atoms with van der Waals surface area (Å²) in [5.74, 6) is -0.571. The van der Waals surface area contributed by atoms with Crippen molar-refractivity contribution in [2.75, 3.05) is 5.32 Å². The van der Waals surface area contributed by atoms with E-state index in [-0.39, 0.29) is 11.4 Å². The second-order valence-electron chi connectivity index (χ2n) is 4.49. The maximum atomic E-state index is 12.9. The largest absolute Gasteiger partial charge is 0.444 e. The molecule has 5 nitrogen and oxygen atoms in total. The lowest BCUT2D eigenvalue weighted by Gasteiger charge is -2.19. The predicted octanol–water partition coefficient (Wildman–Crippen LogP) is 3.14. The standard InChI is InChI=1S/C12H13FN2O3/c1-12(2,3)18-11(17)15-9-5-4-8(13)6-10(9)14-7-16/h4-6H,1-3H3,(H,15,17). The summed E-state index contributed by atoms with van der Waals surface area (Å²) in [5.41, 5.74) is -0.497. The van der Waals surface area contributed by atoms with Gasteiger partial charge in [-0.2, -0.15) is 4.99 Å². The molecular weight excluding hydrogens is 239 g/mol.